The number of rotatable bonds is 5. The number of fused-ring (bicyclic) bond motifs is 1. The molecule has 1 unspecified atom stereocenters. The minimum atomic E-state index is -0.195. The molecule has 0 N–H and O–H groups in total. The van der Waals surface area contributed by atoms with Crippen molar-refractivity contribution in [2.75, 3.05) is 20.3 Å². The highest BCUT2D eigenvalue weighted by atomic mass is 16.5. The second kappa shape index (κ2) is 5.81. The van der Waals surface area contributed by atoms with E-state index in [1.165, 1.54) is 25.4 Å². The summed E-state index contributed by atoms with van der Waals surface area (Å²) in [6.07, 6.45) is 6.33. The number of furan rings is 1. The maximum Gasteiger partial charge on any atom is 0.257 e. The molecule has 7 heteroatoms. The summed E-state index contributed by atoms with van der Waals surface area (Å²) in [6, 6.07) is 1.49. The Hall–Kier alpha value is -2.15. The Morgan fingerprint density at radius 3 is 3.04 bits per heavy atom. The van der Waals surface area contributed by atoms with E-state index in [0.29, 0.717) is 18.7 Å². The third kappa shape index (κ3) is 2.65. The lowest BCUT2D eigenvalue weighted by atomic mass is 10.0. The van der Waals surface area contributed by atoms with Gasteiger partial charge in [-0.25, -0.2) is 4.68 Å². The molecule has 2 aromatic heterocycles. The van der Waals surface area contributed by atoms with Gasteiger partial charge in [-0.15, -0.1) is 5.10 Å². The van der Waals surface area contributed by atoms with Crippen molar-refractivity contribution in [1.82, 2.24) is 19.9 Å². The van der Waals surface area contributed by atoms with Gasteiger partial charge in [0.15, 0.2) is 0 Å². The standard InChI is InChI=1S/C16H20N4O3/c1-22-10-14-15-13(20(18-17-15)8-11-2-3-11)4-6-19(14)16(21)12-5-7-23-9-12/h5,7,9,11,14H,2-4,6,8,10H2,1H3. The zero-order valence-corrected chi connectivity index (χ0v) is 13.1. The largest absolute Gasteiger partial charge is 0.472 e. The van der Waals surface area contributed by atoms with Gasteiger partial charge in [-0.3, -0.25) is 4.79 Å². The first-order chi connectivity index (χ1) is 11.3. The van der Waals surface area contributed by atoms with Gasteiger partial charge in [0.1, 0.15) is 18.0 Å². The average Bonchev–Trinajstić information content (AvgIpc) is 3.05. The van der Waals surface area contributed by atoms with Gasteiger partial charge in [0.25, 0.3) is 5.91 Å². The van der Waals surface area contributed by atoms with Gasteiger partial charge in [0.2, 0.25) is 0 Å². The quantitative estimate of drug-likeness (QED) is 0.839. The molecule has 0 radical (unpaired) electrons. The Morgan fingerprint density at radius 2 is 2.35 bits per heavy atom. The van der Waals surface area contributed by atoms with Gasteiger partial charge in [-0.05, 0) is 24.8 Å². The molecule has 0 aromatic carbocycles. The van der Waals surface area contributed by atoms with E-state index in [4.69, 9.17) is 9.15 Å². The number of nitrogens with zero attached hydrogens (tertiary/aromatic N) is 4. The number of hydrogen-bond acceptors (Lipinski definition) is 5. The lowest BCUT2D eigenvalue weighted by Crippen LogP contribution is -2.42. The van der Waals surface area contributed by atoms with Crippen molar-refractivity contribution < 1.29 is 13.9 Å². The fourth-order valence-electron chi connectivity index (χ4n) is 3.21. The highest BCUT2D eigenvalue weighted by Crippen LogP contribution is 2.34. The Morgan fingerprint density at radius 1 is 1.48 bits per heavy atom. The normalized spacial score (nSPS) is 20.6. The van der Waals surface area contributed by atoms with Crippen LogP contribution in [0.4, 0.5) is 0 Å². The average molecular weight is 316 g/mol. The van der Waals surface area contributed by atoms with Crippen molar-refractivity contribution in [3.8, 4) is 0 Å². The van der Waals surface area contributed by atoms with Crippen molar-refractivity contribution in [2.24, 2.45) is 5.92 Å². The number of amides is 1. The summed E-state index contributed by atoms with van der Waals surface area (Å²) in [7, 11) is 1.64. The van der Waals surface area contributed by atoms with Crippen LogP contribution in [0.2, 0.25) is 0 Å². The van der Waals surface area contributed by atoms with E-state index in [2.05, 4.69) is 10.3 Å². The third-order valence-electron chi connectivity index (χ3n) is 4.63. The monoisotopic (exact) mass is 316 g/mol. The number of hydrogen-bond donors (Lipinski definition) is 0. The lowest BCUT2D eigenvalue weighted by molar-refractivity contribution is 0.0489. The van der Waals surface area contributed by atoms with Crippen molar-refractivity contribution in [2.45, 2.75) is 31.8 Å². The fraction of sp³-hybridized carbons (Fsp3) is 0.562. The molecule has 1 saturated carbocycles. The van der Waals surface area contributed by atoms with Crippen LogP contribution in [-0.2, 0) is 17.7 Å². The molecule has 2 aromatic rings. The van der Waals surface area contributed by atoms with Gasteiger partial charge in [0, 0.05) is 26.6 Å². The summed E-state index contributed by atoms with van der Waals surface area (Å²) < 4.78 is 12.4. The molecule has 0 saturated heterocycles. The van der Waals surface area contributed by atoms with E-state index in [0.717, 1.165) is 30.3 Å². The first-order valence-corrected chi connectivity index (χ1v) is 8.02. The van der Waals surface area contributed by atoms with E-state index in [1.54, 1.807) is 13.2 Å². The Balaban J connectivity index is 1.62. The van der Waals surface area contributed by atoms with Crippen LogP contribution in [0.15, 0.2) is 23.0 Å². The first-order valence-electron chi connectivity index (χ1n) is 8.02. The SMILES string of the molecule is COCC1c2nnn(CC3CC3)c2CCN1C(=O)c1ccoc1. The Bertz CT molecular complexity index is 690. The van der Waals surface area contributed by atoms with Crippen molar-refractivity contribution in [3.05, 3.63) is 35.5 Å². The van der Waals surface area contributed by atoms with E-state index >= 15 is 0 Å². The molecular formula is C16H20N4O3. The number of methoxy groups -OCH3 is 1. The molecule has 0 spiro atoms. The maximum atomic E-state index is 12.7. The molecule has 0 bridgehead atoms. The third-order valence-corrected chi connectivity index (χ3v) is 4.63. The molecule has 1 aliphatic heterocycles. The molecule has 1 fully saturated rings. The van der Waals surface area contributed by atoms with Gasteiger partial charge >= 0.3 is 0 Å². The fourth-order valence-corrected chi connectivity index (χ4v) is 3.21. The van der Waals surface area contributed by atoms with Crippen LogP contribution >= 0.6 is 0 Å². The minimum absolute atomic E-state index is 0.0526. The van der Waals surface area contributed by atoms with Gasteiger partial charge in [-0.2, -0.15) is 0 Å². The molecule has 2 aliphatic rings. The zero-order chi connectivity index (χ0) is 15.8. The highest BCUT2D eigenvalue weighted by Gasteiger charge is 2.36. The summed E-state index contributed by atoms with van der Waals surface area (Å²) in [5.74, 6) is 0.690. The highest BCUT2D eigenvalue weighted by molar-refractivity contribution is 5.94. The van der Waals surface area contributed by atoms with Gasteiger partial charge in [-0.1, -0.05) is 5.21 Å². The summed E-state index contributed by atoms with van der Waals surface area (Å²) >= 11 is 0. The number of aromatic nitrogens is 3. The predicted octanol–water partition coefficient (Wildman–Crippen LogP) is 1.67. The molecule has 122 valence electrons. The number of carbonyl (C=O) groups is 1. The number of carbonyl (C=O) groups excluding carboxylic acids is 1. The maximum absolute atomic E-state index is 12.7. The van der Waals surface area contributed by atoms with E-state index in [-0.39, 0.29) is 11.9 Å². The van der Waals surface area contributed by atoms with Gasteiger partial charge in [0.05, 0.1) is 24.1 Å². The number of ether oxygens (including phenoxy) is 1. The lowest BCUT2D eigenvalue weighted by Gasteiger charge is -2.34. The topological polar surface area (TPSA) is 73.4 Å². The second-order valence-corrected chi connectivity index (χ2v) is 6.28. The van der Waals surface area contributed by atoms with Crippen molar-refractivity contribution in [3.63, 3.8) is 0 Å². The zero-order valence-electron chi connectivity index (χ0n) is 13.1. The van der Waals surface area contributed by atoms with E-state index < -0.39 is 0 Å². The predicted molar refractivity (Wildman–Crippen MR) is 80.8 cm³/mol. The van der Waals surface area contributed by atoms with Crippen molar-refractivity contribution >= 4 is 5.91 Å². The van der Waals surface area contributed by atoms with Crippen LogP contribution in [-0.4, -0.2) is 46.1 Å². The van der Waals surface area contributed by atoms with Crippen LogP contribution in [0.25, 0.3) is 0 Å². The molecule has 3 heterocycles. The Kier molecular flexibility index (Phi) is 3.65. The van der Waals surface area contributed by atoms with E-state index in [1.807, 2.05) is 9.58 Å². The molecule has 7 nitrogen and oxygen atoms in total. The molecule has 1 atom stereocenters. The summed E-state index contributed by atoms with van der Waals surface area (Å²) in [5, 5.41) is 8.69. The second-order valence-electron chi connectivity index (χ2n) is 6.28. The summed E-state index contributed by atoms with van der Waals surface area (Å²) in [4.78, 5) is 14.5. The minimum Gasteiger partial charge on any atom is -0.472 e. The molecule has 23 heavy (non-hydrogen) atoms. The summed E-state index contributed by atoms with van der Waals surface area (Å²) in [6.45, 7) is 2.00. The van der Waals surface area contributed by atoms with Crippen molar-refractivity contribution in [1.29, 1.82) is 0 Å². The van der Waals surface area contributed by atoms with Crippen LogP contribution in [0.3, 0.4) is 0 Å². The molecule has 4 rings (SSSR count). The molecule has 1 aliphatic carbocycles. The van der Waals surface area contributed by atoms with E-state index in [9.17, 15) is 4.79 Å². The molecule has 1 amide bonds. The van der Waals surface area contributed by atoms with Crippen LogP contribution in [0, 0.1) is 5.92 Å². The smallest absolute Gasteiger partial charge is 0.257 e. The van der Waals surface area contributed by atoms with Crippen LogP contribution < -0.4 is 0 Å². The van der Waals surface area contributed by atoms with Gasteiger partial charge < -0.3 is 14.1 Å². The van der Waals surface area contributed by atoms with Crippen LogP contribution in [0.1, 0.15) is 40.6 Å². The van der Waals surface area contributed by atoms with Crippen LogP contribution in [0.5, 0.6) is 0 Å². The first kappa shape index (κ1) is 14.4. The Labute approximate surface area is 134 Å². The summed E-state index contributed by atoms with van der Waals surface area (Å²) in [5.41, 5.74) is 2.57. The molecular weight excluding hydrogens is 296 g/mol.